The Labute approximate surface area is 181 Å². The zero-order chi connectivity index (χ0) is 21.9. The number of methoxy groups -OCH3 is 1. The third-order valence-electron chi connectivity index (χ3n) is 3.90. The maximum atomic E-state index is 12.6. The van der Waals surface area contributed by atoms with E-state index < -0.39 is 33.8 Å². The van der Waals surface area contributed by atoms with Gasteiger partial charge in [0.25, 0.3) is 11.1 Å². The molecule has 0 spiro atoms. The van der Waals surface area contributed by atoms with Crippen LogP contribution in [0.25, 0.3) is 6.08 Å². The Bertz CT molecular complexity index is 1140. The molecule has 30 heavy (non-hydrogen) atoms. The molecule has 11 heteroatoms. The number of benzene rings is 2. The number of para-hydroxylation sites is 1. The minimum atomic E-state index is -4.16. The van der Waals surface area contributed by atoms with Crippen LogP contribution in [-0.4, -0.2) is 44.1 Å². The third kappa shape index (κ3) is 4.84. The first-order valence-electron chi connectivity index (χ1n) is 8.32. The van der Waals surface area contributed by atoms with E-state index in [1.165, 1.54) is 42.5 Å². The Balaban J connectivity index is 1.89. The van der Waals surface area contributed by atoms with Crippen molar-refractivity contribution in [3.05, 3.63) is 64.0 Å². The first-order valence-corrected chi connectivity index (χ1v) is 10.9. The van der Waals surface area contributed by atoms with Gasteiger partial charge < -0.3 is 8.92 Å². The lowest BCUT2D eigenvalue weighted by molar-refractivity contribution is -0.143. The summed E-state index contributed by atoms with van der Waals surface area (Å²) < 4.78 is 34.8. The minimum absolute atomic E-state index is 0.0174. The lowest BCUT2D eigenvalue weighted by Crippen LogP contribution is -2.34. The maximum Gasteiger partial charge on any atom is 0.339 e. The number of hydrogen-bond donors (Lipinski definition) is 0. The van der Waals surface area contributed by atoms with Gasteiger partial charge in [0.15, 0.2) is 0 Å². The second-order valence-corrected chi connectivity index (χ2v) is 8.85. The van der Waals surface area contributed by atoms with Crippen LogP contribution in [0.2, 0.25) is 5.02 Å². The van der Waals surface area contributed by atoms with E-state index in [9.17, 15) is 22.8 Å². The zero-order valence-corrected chi connectivity index (χ0v) is 17.8. The van der Waals surface area contributed by atoms with Gasteiger partial charge in [0.2, 0.25) is 0 Å². The fraction of sp³-hybridized carbons (Fsp3) is 0.105. The van der Waals surface area contributed by atoms with E-state index in [2.05, 4.69) is 4.74 Å². The Morgan fingerprint density at radius 3 is 2.47 bits per heavy atom. The molecule has 0 saturated carbocycles. The van der Waals surface area contributed by atoms with E-state index in [0.29, 0.717) is 16.8 Å². The van der Waals surface area contributed by atoms with Crippen LogP contribution < -0.4 is 4.18 Å². The van der Waals surface area contributed by atoms with Crippen molar-refractivity contribution >= 4 is 56.7 Å². The topological polar surface area (TPSA) is 107 Å². The highest BCUT2D eigenvalue weighted by Gasteiger charge is 2.36. The number of halogens is 1. The number of carbonyl (C=O) groups is 3. The monoisotopic (exact) mass is 467 g/mol. The molecule has 1 aliphatic heterocycles. The van der Waals surface area contributed by atoms with Crippen molar-refractivity contribution in [2.24, 2.45) is 0 Å². The van der Waals surface area contributed by atoms with Crippen molar-refractivity contribution < 1.29 is 31.7 Å². The molecule has 0 bridgehead atoms. The molecule has 0 unspecified atom stereocenters. The molecule has 3 rings (SSSR count). The summed E-state index contributed by atoms with van der Waals surface area (Å²) in [5.74, 6) is -1.46. The number of esters is 1. The molecule has 2 aromatic carbocycles. The molecular weight excluding hydrogens is 454 g/mol. The lowest BCUT2D eigenvalue weighted by atomic mass is 10.2. The predicted molar refractivity (Wildman–Crippen MR) is 110 cm³/mol. The highest BCUT2D eigenvalue weighted by atomic mass is 35.5. The molecule has 1 fully saturated rings. The number of thioether (sulfide) groups is 1. The average Bonchev–Trinajstić information content (AvgIpc) is 2.97. The normalized spacial score (nSPS) is 15.5. The zero-order valence-electron chi connectivity index (χ0n) is 15.4. The summed E-state index contributed by atoms with van der Waals surface area (Å²) in [7, 11) is -3.01. The van der Waals surface area contributed by atoms with Crippen molar-refractivity contribution in [2.75, 3.05) is 13.7 Å². The molecule has 1 aliphatic rings. The van der Waals surface area contributed by atoms with Gasteiger partial charge in [0.1, 0.15) is 17.2 Å². The number of nitrogens with zero attached hydrogens (tertiary/aromatic N) is 1. The molecule has 8 nitrogen and oxygen atoms in total. The standard InChI is InChI=1S/C19H14ClNO7S2/c1-27-17(22)11-21-18(23)16(29-19(21)24)10-12-4-2-3-5-15(12)28-30(25,26)14-8-6-13(20)7-9-14/h2-10H,11H2,1H3/b16-10-. The van der Waals surface area contributed by atoms with Crippen LogP contribution in [0, 0.1) is 0 Å². The summed E-state index contributed by atoms with van der Waals surface area (Å²) in [6, 6.07) is 11.6. The van der Waals surface area contributed by atoms with Crippen molar-refractivity contribution in [1.82, 2.24) is 4.90 Å². The van der Waals surface area contributed by atoms with Crippen LogP contribution in [0.1, 0.15) is 5.56 Å². The van der Waals surface area contributed by atoms with Gasteiger partial charge in [-0.1, -0.05) is 29.8 Å². The Morgan fingerprint density at radius 1 is 1.13 bits per heavy atom. The second kappa shape index (κ2) is 8.90. The van der Waals surface area contributed by atoms with Gasteiger partial charge in [-0.05, 0) is 48.2 Å². The van der Waals surface area contributed by atoms with Crippen molar-refractivity contribution in [3.8, 4) is 5.75 Å². The maximum absolute atomic E-state index is 12.6. The quantitative estimate of drug-likeness (QED) is 0.362. The van der Waals surface area contributed by atoms with Crippen LogP contribution in [0.4, 0.5) is 4.79 Å². The van der Waals surface area contributed by atoms with Crippen LogP contribution in [-0.2, 0) is 24.4 Å². The van der Waals surface area contributed by atoms with Gasteiger partial charge in [0.05, 0.1) is 12.0 Å². The van der Waals surface area contributed by atoms with Crippen LogP contribution in [0.5, 0.6) is 5.75 Å². The van der Waals surface area contributed by atoms with Gasteiger partial charge in [-0.25, -0.2) is 0 Å². The molecule has 156 valence electrons. The molecule has 0 N–H and O–H groups in total. The first kappa shape index (κ1) is 21.9. The summed E-state index contributed by atoms with van der Waals surface area (Å²) >= 11 is 6.41. The molecule has 0 aromatic heterocycles. The number of carbonyl (C=O) groups excluding carboxylic acids is 3. The summed E-state index contributed by atoms with van der Waals surface area (Å²) in [6.45, 7) is -0.512. The van der Waals surface area contributed by atoms with Crippen LogP contribution >= 0.6 is 23.4 Å². The molecule has 1 heterocycles. The van der Waals surface area contributed by atoms with Crippen LogP contribution in [0.15, 0.2) is 58.3 Å². The predicted octanol–water partition coefficient (Wildman–Crippen LogP) is 3.32. The number of amides is 2. The number of imide groups is 1. The molecule has 2 amide bonds. The third-order valence-corrected chi connectivity index (χ3v) is 6.30. The largest absolute Gasteiger partial charge is 0.468 e. The Morgan fingerprint density at radius 2 is 1.80 bits per heavy atom. The van der Waals surface area contributed by atoms with E-state index in [1.54, 1.807) is 12.1 Å². The Kier molecular flexibility index (Phi) is 6.49. The minimum Gasteiger partial charge on any atom is -0.468 e. The first-order chi connectivity index (χ1) is 14.2. The van der Waals surface area contributed by atoms with E-state index in [0.717, 1.165) is 12.0 Å². The molecule has 0 aliphatic carbocycles. The summed E-state index contributed by atoms with van der Waals surface area (Å²) in [4.78, 5) is 36.6. The van der Waals surface area contributed by atoms with Gasteiger partial charge in [-0.15, -0.1) is 0 Å². The van der Waals surface area contributed by atoms with Gasteiger partial charge in [0, 0.05) is 10.6 Å². The molecule has 2 aromatic rings. The second-order valence-electron chi connectivity index (χ2n) is 5.87. The molecule has 0 radical (unpaired) electrons. The van der Waals surface area contributed by atoms with E-state index in [1.807, 2.05) is 0 Å². The Hall–Kier alpha value is -2.82. The molecular formula is C19H14ClNO7S2. The van der Waals surface area contributed by atoms with Gasteiger partial charge in [-0.3, -0.25) is 19.3 Å². The van der Waals surface area contributed by atoms with E-state index >= 15 is 0 Å². The molecule has 1 saturated heterocycles. The lowest BCUT2D eigenvalue weighted by Gasteiger charge is -2.11. The van der Waals surface area contributed by atoms with E-state index in [-0.39, 0.29) is 21.1 Å². The smallest absolute Gasteiger partial charge is 0.339 e. The van der Waals surface area contributed by atoms with Gasteiger partial charge >= 0.3 is 16.1 Å². The van der Waals surface area contributed by atoms with Crippen molar-refractivity contribution in [1.29, 1.82) is 0 Å². The summed E-state index contributed by atoms with van der Waals surface area (Å²) in [6.07, 6.45) is 1.33. The highest BCUT2D eigenvalue weighted by Crippen LogP contribution is 2.34. The number of hydrogen-bond acceptors (Lipinski definition) is 8. The summed E-state index contributed by atoms with van der Waals surface area (Å²) in [5, 5.41) is -0.263. The van der Waals surface area contributed by atoms with Crippen molar-refractivity contribution in [2.45, 2.75) is 4.90 Å². The number of ether oxygens (including phenoxy) is 1. The fourth-order valence-corrected chi connectivity index (χ4v) is 4.32. The fourth-order valence-electron chi connectivity index (χ4n) is 2.41. The highest BCUT2D eigenvalue weighted by molar-refractivity contribution is 8.18. The van der Waals surface area contributed by atoms with Gasteiger partial charge in [-0.2, -0.15) is 8.42 Å². The van der Waals surface area contributed by atoms with Crippen LogP contribution in [0.3, 0.4) is 0 Å². The molecule has 0 atom stereocenters. The SMILES string of the molecule is COC(=O)CN1C(=O)S/C(=C\c2ccccc2OS(=O)(=O)c2ccc(Cl)cc2)C1=O. The number of rotatable bonds is 6. The van der Waals surface area contributed by atoms with Crippen molar-refractivity contribution in [3.63, 3.8) is 0 Å². The summed E-state index contributed by atoms with van der Waals surface area (Å²) in [5.41, 5.74) is 0.263. The van der Waals surface area contributed by atoms with E-state index in [4.69, 9.17) is 15.8 Å². The average molecular weight is 468 g/mol.